The monoisotopic (exact) mass is 298 g/mol. The number of benzene rings is 1. The highest BCUT2D eigenvalue weighted by molar-refractivity contribution is 9.10. The van der Waals surface area contributed by atoms with Gasteiger partial charge in [-0.1, -0.05) is 46.1 Å². The highest BCUT2D eigenvalue weighted by Crippen LogP contribution is 2.24. The van der Waals surface area contributed by atoms with Gasteiger partial charge in [-0.3, -0.25) is 0 Å². The highest BCUT2D eigenvalue weighted by atomic mass is 79.9. The molecule has 1 aliphatic rings. The molecule has 1 aromatic rings. The molecule has 86 valence electrons. The summed E-state index contributed by atoms with van der Waals surface area (Å²) in [6.45, 7) is 0. The van der Waals surface area contributed by atoms with E-state index in [1.807, 2.05) is 0 Å². The van der Waals surface area contributed by atoms with Crippen molar-refractivity contribution in [1.29, 1.82) is 0 Å². The maximum absolute atomic E-state index is 6.23. The second kappa shape index (κ2) is 5.88. The Morgan fingerprint density at radius 1 is 1.31 bits per heavy atom. The summed E-state index contributed by atoms with van der Waals surface area (Å²) in [7, 11) is 0. The molecule has 0 aliphatic heterocycles. The summed E-state index contributed by atoms with van der Waals surface area (Å²) < 4.78 is 1.15. The number of rotatable bonds is 2. The van der Waals surface area contributed by atoms with Gasteiger partial charge in [0.1, 0.15) is 0 Å². The van der Waals surface area contributed by atoms with E-state index in [0.29, 0.717) is 0 Å². The minimum absolute atomic E-state index is 0.240. The molecule has 16 heavy (non-hydrogen) atoms. The van der Waals surface area contributed by atoms with Gasteiger partial charge in [0, 0.05) is 4.47 Å². The Balaban J connectivity index is 2.08. The molecule has 0 bridgehead atoms. The van der Waals surface area contributed by atoms with Crippen molar-refractivity contribution in [3.63, 3.8) is 0 Å². The predicted octanol–water partition coefficient (Wildman–Crippen LogP) is 5.10. The normalized spacial score (nSPS) is 21.4. The zero-order valence-electron chi connectivity index (χ0n) is 9.26. The Morgan fingerprint density at radius 3 is 3.00 bits per heavy atom. The minimum Gasteiger partial charge on any atom is -0.118 e. The lowest BCUT2D eigenvalue weighted by molar-refractivity contribution is 0.710. The van der Waals surface area contributed by atoms with Gasteiger partial charge in [-0.25, -0.2) is 0 Å². The molecule has 0 saturated heterocycles. The molecule has 0 nitrogen and oxygen atoms in total. The number of hydrogen-bond acceptors (Lipinski definition) is 0. The van der Waals surface area contributed by atoms with E-state index in [1.54, 1.807) is 0 Å². The standard InChI is InChI=1S/C14H16BrCl/c15-13-6-3-5-11(9-13)8-12-4-1-2-7-14(16)10-12/h3,5-6,9-10,14H,1-2,4,7-8H2. The lowest BCUT2D eigenvalue weighted by atomic mass is 10.0. The molecule has 0 heterocycles. The predicted molar refractivity (Wildman–Crippen MR) is 74.0 cm³/mol. The molecule has 1 unspecified atom stereocenters. The molecule has 0 saturated carbocycles. The third-order valence-corrected chi connectivity index (χ3v) is 3.80. The summed E-state index contributed by atoms with van der Waals surface area (Å²) in [6.07, 6.45) is 8.17. The van der Waals surface area contributed by atoms with Crippen LogP contribution in [0.2, 0.25) is 0 Å². The van der Waals surface area contributed by atoms with Crippen LogP contribution in [0, 0.1) is 0 Å². The fourth-order valence-corrected chi connectivity index (χ4v) is 2.95. The molecule has 0 radical (unpaired) electrons. The van der Waals surface area contributed by atoms with E-state index in [0.717, 1.165) is 17.3 Å². The average Bonchev–Trinajstić information content (AvgIpc) is 2.43. The molecule has 0 aromatic heterocycles. The van der Waals surface area contributed by atoms with Crippen molar-refractivity contribution >= 4 is 27.5 Å². The fraction of sp³-hybridized carbons (Fsp3) is 0.429. The maximum atomic E-state index is 6.23. The van der Waals surface area contributed by atoms with Crippen LogP contribution in [-0.2, 0) is 6.42 Å². The molecular formula is C14H16BrCl. The summed E-state index contributed by atoms with van der Waals surface area (Å²) in [6, 6.07) is 8.53. The maximum Gasteiger partial charge on any atom is 0.0518 e. The summed E-state index contributed by atoms with van der Waals surface area (Å²) in [5.74, 6) is 0. The van der Waals surface area contributed by atoms with Crippen LogP contribution in [0.15, 0.2) is 40.4 Å². The Labute approximate surface area is 111 Å². The van der Waals surface area contributed by atoms with Gasteiger partial charge in [0.2, 0.25) is 0 Å². The first-order chi connectivity index (χ1) is 7.74. The van der Waals surface area contributed by atoms with E-state index in [4.69, 9.17) is 11.6 Å². The Morgan fingerprint density at radius 2 is 2.19 bits per heavy atom. The van der Waals surface area contributed by atoms with Crippen LogP contribution in [-0.4, -0.2) is 5.38 Å². The van der Waals surface area contributed by atoms with Crippen LogP contribution in [0.4, 0.5) is 0 Å². The van der Waals surface area contributed by atoms with Crippen molar-refractivity contribution in [1.82, 2.24) is 0 Å². The SMILES string of the molecule is ClC1C=C(Cc2cccc(Br)c2)CCCC1. The number of allylic oxidation sites excluding steroid dienone is 2. The van der Waals surface area contributed by atoms with E-state index < -0.39 is 0 Å². The van der Waals surface area contributed by atoms with E-state index in [9.17, 15) is 0 Å². The Bertz CT molecular complexity index is 384. The van der Waals surface area contributed by atoms with Crippen molar-refractivity contribution < 1.29 is 0 Å². The van der Waals surface area contributed by atoms with Crippen LogP contribution >= 0.6 is 27.5 Å². The van der Waals surface area contributed by atoms with Gasteiger partial charge in [-0.2, -0.15) is 0 Å². The first-order valence-electron chi connectivity index (χ1n) is 5.82. The zero-order valence-corrected chi connectivity index (χ0v) is 11.6. The van der Waals surface area contributed by atoms with E-state index in [1.165, 1.54) is 30.4 Å². The molecule has 0 N–H and O–H groups in total. The molecular weight excluding hydrogens is 284 g/mol. The van der Waals surface area contributed by atoms with E-state index in [-0.39, 0.29) is 5.38 Å². The first kappa shape index (κ1) is 12.2. The summed E-state index contributed by atoms with van der Waals surface area (Å²) in [4.78, 5) is 0. The number of alkyl halides is 1. The van der Waals surface area contributed by atoms with Crippen LogP contribution in [0.5, 0.6) is 0 Å². The second-order valence-electron chi connectivity index (χ2n) is 4.39. The lowest BCUT2D eigenvalue weighted by Gasteiger charge is -2.06. The second-order valence-corrected chi connectivity index (χ2v) is 5.87. The van der Waals surface area contributed by atoms with Crippen molar-refractivity contribution in [3.8, 4) is 0 Å². The molecule has 1 atom stereocenters. The van der Waals surface area contributed by atoms with Gasteiger partial charge < -0.3 is 0 Å². The third kappa shape index (κ3) is 3.64. The van der Waals surface area contributed by atoms with Gasteiger partial charge in [-0.05, 0) is 43.4 Å². The Hall–Kier alpha value is -0.270. The van der Waals surface area contributed by atoms with Crippen molar-refractivity contribution in [3.05, 3.63) is 46.0 Å². The molecule has 1 aromatic carbocycles. The topological polar surface area (TPSA) is 0 Å². The van der Waals surface area contributed by atoms with E-state index >= 15 is 0 Å². The summed E-state index contributed by atoms with van der Waals surface area (Å²) in [5.41, 5.74) is 2.86. The van der Waals surface area contributed by atoms with Gasteiger partial charge in [-0.15, -0.1) is 11.6 Å². The highest BCUT2D eigenvalue weighted by Gasteiger charge is 2.09. The van der Waals surface area contributed by atoms with Crippen LogP contribution in [0.3, 0.4) is 0 Å². The molecule has 2 rings (SSSR count). The molecule has 0 fully saturated rings. The molecule has 2 heteroatoms. The first-order valence-corrected chi connectivity index (χ1v) is 7.05. The van der Waals surface area contributed by atoms with Crippen molar-refractivity contribution in [2.24, 2.45) is 0 Å². The largest absolute Gasteiger partial charge is 0.118 e. The van der Waals surface area contributed by atoms with Gasteiger partial charge in [0.05, 0.1) is 5.38 Å². The van der Waals surface area contributed by atoms with Crippen molar-refractivity contribution in [2.45, 2.75) is 37.5 Å². The summed E-state index contributed by atoms with van der Waals surface area (Å²) in [5, 5.41) is 0.240. The third-order valence-electron chi connectivity index (χ3n) is 2.96. The molecule has 1 aliphatic carbocycles. The summed E-state index contributed by atoms with van der Waals surface area (Å²) >= 11 is 9.74. The zero-order chi connectivity index (χ0) is 11.4. The minimum atomic E-state index is 0.240. The average molecular weight is 300 g/mol. The van der Waals surface area contributed by atoms with Crippen molar-refractivity contribution in [2.75, 3.05) is 0 Å². The molecule has 0 spiro atoms. The molecule has 0 amide bonds. The van der Waals surface area contributed by atoms with Crippen LogP contribution in [0.25, 0.3) is 0 Å². The van der Waals surface area contributed by atoms with Gasteiger partial charge in [0.25, 0.3) is 0 Å². The number of hydrogen-bond donors (Lipinski definition) is 0. The van der Waals surface area contributed by atoms with Crippen LogP contribution in [0.1, 0.15) is 31.2 Å². The van der Waals surface area contributed by atoms with Gasteiger partial charge >= 0.3 is 0 Å². The quantitative estimate of drug-likeness (QED) is 0.526. The lowest BCUT2D eigenvalue weighted by Crippen LogP contribution is -1.94. The van der Waals surface area contributed by atoms with Crippen LogP contribution < -0.4 is 0 Å². The smallest absolute Gasteiger partial charge is 0.0518 e. The fourth-order valence-electron chi connectivity index (χ4n) is 2.17. The van der Waals surface area contributed by atoms with Gasteiger partial charge in [0.15, 0.2) is 0 Å². The Kier molecular flexibility index (Phi) is 4.48. The number of halogens is 2. The van der Waals surface area contributed by atoms with E-state index in [2.05, 4.69) is 46.3 Å².